The Morgan fingerprint density at radius 2 is 2.40 bits per heavy atom. The summed E-state index contributed by atoms with van der Waals surface area (Å²) in [6.07, 6.45) is 3.66. The van der Waals surface area contributed by atoms with Crippen LogP contribution in [0.5, 0.6) is 0 Å². The molecule has 0 aliphatic heterocycles. The van der Waals surface area contributed by atoms with Crippen LogP contribution in [0.3, 0.4) is 0 Å². The summed E-state index contributed by atoms with van der Waals surface area (Å²) in [4.78, 5) is 4.01. The number of pyridine rings is 1. The van der Waals surface area contributed by atoms with Crippen molar-refractivity contribution in [1.29, 1.82) is 0 Å². The molecule has 0 amide bonds. The Kier molecular flexibility index (Phi) is 2.40. The van der Waals surface area contributed by atoms with Crippen LogP contribution in [-0.4, -0.2) is 12.0 Å². The molecule has 2 heteroatoms. The van der Waals surface area contributed by atoms with Crippen LogP contribution in [0.2, 0.25) is 0 Å². The van der Waals surface area contributed by atoms with E-state index in [1.165, 1.54) is 5.56 Å². The largest absolute Gasteiger partial charge is 0.313 e. The summed E-state index contributed by atoms with van der Waals surface area (Å²) in [7, 11) is 1.94. The summed E-state index contributed by atoms with van der Waals surface area (Å²) in [5, 5.41) is 3.14. The summed E-state index contributed by atoms with van der Waals surface area (Å²) in [5.41, 5.74) is 1.23. The maximum absolute atomic E-state index is 4.01. The van der Waals surface area contributed by atoms with E-state index in [1.54, 1.807) is 6.20 Å². The predicted octanol–water partition coefficient (Wildman–Crippen LogP) is 1.36. The Bertz CT molecular complexity index is 184. The highest BCUT2D eigenvalue weighted by Gasteiger charge is 1.98. The van der Waals surface area contributed by atoms with Crippen molar-refractivity contribution in [2.75, 3.05) is 7.05 Å². The third-order valence-electron chi connectivity index (χ3n) is 1.62. The zero-order valence-electron chi connectivity index (χ0n) is 6.33. The molecule has 1 aromatic heterocycles. The molecule has 1 heterocycles. The van der Waals surface area contributed by atoms with Gasteiger partial charge in [-0.3, -0.25) is 4.98 Å². The van der Waals surface area contributed by atoms with E-state index in [9.17, 15) is 0 Å². The maximum Gasteiger partial charge on any atom is 0.0315 e. The first-order valence-corrected chi connectivity index (χ1v) is 3.42. The van der Waals surface area contributed by atoms with Crippen LogP contribution >= 0.6 is 0 Å². The van der Waals surface area contributed by atoms with Crippen LogP contribution < -0.4 is 5.32 Å². The zero-order valence-corrected chi connectivity index (χ0v) is 6.33. The van der Waals surface area contributed by atoms with Crippen molar-refractivity contribution in [2.45, 2.75) is 13.0 Å². The van der Waals surface area contributed by atoms with Gasteiger partial charge in [0.2, 0.25) is 0 Å². The first kappa shape index (κ1) is 7.22. The van der Waals surface area contributed by atoms with Gasteiger partial charge in [0.25, 0.3) is 0 Å². The third-order valence-corrected chi connectivity index (χ3v) is 1.62. The van der Waals surface area contributed by atoms with E-state index in [4.69, 9.17) is 0 Å². The number of nitrogens with zero attached hydrogens (tertiary/aromatic N) is 1. The lowest BCUT2D eigenvalue weighted by molar-refractivity contribution is 0.649. The molecular weight excluding hydrogens is 124 g/mol. The maximum atomic E-state index is 4.01. The highest BCUT2D eigenvalue weighted by molar-refractivity contribution is 5.12. The standard InChI is InChI=1S/C8H12N2/c1-7(9-2)8-4-3-5-10-6-8/h3-7,9H,1-2H3/t7-/m0/s1. The molecule has 0 aliphatic rings. The molecule has 0 saturated carbocycles. The topological polar surface area (TPSA) is 24.9 Å². The first-order chi connectivity index (χ1) is 4.84. The molecule has 54 valence electrons. The van der Waals surface area contributed by atoms with Gasteiger partial charge in [0, 0.05) is 18.4 Å². The van der Waals surface area contributed by atoms with E-state index in [-0.39, 0.29) is 0 Å². The highest BCUT2D eigenvalue weighted by Crippen LogP contribution is 2.07. The van der Waals surface area contributed by atoms with Gasteiger partial charge in [-0.15, -0.1) is 0 Å². The fraction of sp³-hybridized carbons (Fsp3) is 0.375. The lowest BCUT2D eigenvalue weighted by Crippen LogP contribution is -2.12. The predicted molar refractivity (Wildman–Crippen MR) is 41.7 cm³/mol. The molecule has 0 aromatic carbocycles. The highest BCUT2D eigenvalue weighted by atomic mass is 14.9. The monoisotopic (exact) mass is 136 g/mol. The third kappa shape index (κ3) is 1.54. The Hall–Kier alpha value is -0.890. The van der Waals surface area contributed by atoms with Gasteiger partial charge in [0.15, 0.2) is 0 Å². The molecule has 10 heavy (non-hydrogen) atoms. The molecule has 0 spiro atoms. The Balaban J connectivity index is 2.75. The van der Waals surface area contributed by atoms with Crippen molar-refractivity contribution in [1.82, 2.24) is 10.3 Å². The zero-order chi connectivity index (χ0) is 7.40. The molecule has 0 radical (unpaired) electrons. The van der Waals surface area contributed by atoms with E-state index in [0.29, 0.717) is 6.04 Å². The average molecular weight is 136 g/mol. The summed E-state index contributed by atoms with van der Waals surface area (Å²) < 4.78 is 0. The molecule has 1 N–H and O–H groups in total. The Morgan fingerprint density at radius 3 is 2.90 bits per heavy atom. The quantitative estimate of drug-likeness (QED) is 0.664. The van der Waals surface area contributed by atoms with Gasteiger partial charge < -0.3 is 5.32 Å². The smallest absolute Gasteiger partial charge is 0.0315 e. The molecular formula is C8H12N2. The number of aromatic nitrogens is 1. The van der Waals surface area contributed by atoms with Crippen molar-refractivity contribution < 1.29 is 0 Å². The SMILES string of the molecule is CN[C@@H](C)c1cccnc1. The minimum atomic E-state index is 0.397. The van der Waals surface area contributed by atoms with Crippen molar-refractivity contribution in [3.63, 3.8) is 0 Å². The van der Waals surface area contributed by atoms with Crippen LogP contribution in [0.1, 0.15) is 18.5 Å². The van der Waals surface area contributed by atoms with Crippen molar-refractivity contribution in [3.05, 3.63) is 30.1 Å². The molecule has 0 unspecified atom stereocenters. The summed E-state index contributed by atoms with van der Waals surface area (Å²) in [6.45, 7) is 2.11. The van der Waals surface area contributed by atoms with Crippen LogP contribution in [0, 0.1) is 0 Å². The second kappa shape index (κ2) is 3.32. The van der Waals surface area contributed by atoms with Gasteiger partial charge in [0.05, 0.1) is 0 Å². The normalized spacial score (nSPS) is 13.0. The van der Waals surface area contributed by atoms with Crippen molar-refractivity contribution in [3.8, 4) is 0 Å². The molecule has 0 aliphatic carbocycles. The molecule has 1 aromatic rings. The fourth-order valence-corrected chi connectivity index (χ4v) is 0.799. The number of nitrogens with one attached hydrogen (secondary N) is 1. The summed E-state index contributed by atoms with van der Waals surface area (Å²) in [6, 6.07) is 4.41. The van der Waals surface area contributed by atoms with Crippen LogP contribution in [0.25, 0.3) is 0 Å². The fourth-order valence-electron chi connectivity index (χ4n) is 0.799. The molecule has 2 nitrogen and oxygen atoms in total. The van der Waals surface area contributed by atoms with Crippen molar-refractivity contribution >= 4 is 0 Å². The van der Waals surface area contributed by atoms with Gasteiger partial charge in [-0.1, -0.05) is 6.07 Å². The van der Waals surface area contributed by atoms with E-state index >= 15 is 0 Å². The van der Waals surface area contributed by atoms with E-state index in [0.717, 1.165) is 0 Å². The molecule has 0 saturated heterocycles. The van der Waals surface area contributed by atoms with E-state index in [2.05, 4.69) is 23.3 Å². The van der Waals surface area contributed by atoms with Gasteiger partial charge in [-0.25, -0.2) is 0 Å². The molecule has 0 fully saturated rings. The van der Waals surface area contributed by atoms with Gasteiger partial charge in [0.1, 0.15) is 0 Å². The lowest BCUT2D eigenvalue weighted by Gasteiger charge is -2.08. The second-order valence-corrected chi connectivity index (χ2v) is 2.30. The minimum absolute atomic E-state index is 0.397. The van der Waals surface area contributed by atoms with Gasteiger partial charge in [-0.05, 0) is 25.6 Å². The van der Waals surface area contributed by atoms with Gasteiger partial charge in [-0.2, -0.15) is 0 Å². The Labute approximate surface area is 61.3 Å². The van der Waals surface area contributed by atoms with E-state index < -0.39 is 0 Å². The van der Waals surface area contributed by atoms with Crippen LogP contribution in [0.15, 0.2) is 24.5 Å². The number of rotatable bonds is 2. The van der Waals surface area contributed by atoms with Crippen LogP contribution in [-0.2, 0) is 0 Å². The summed E-state index contributed by atoms with van der Waals surface area (Å²) >= 11 is 0. The minimum Gasteiger partial charge on any atom is -0.313 e. The molecule has 0 bridgehead atoms. The first-order valence-electron chi connectivity index (χ1n) is 3.42. The number of hydrogen-bond donors (Lipinski definition) is 1. The van der Waals surface area contributed by atoms with Crippen LogP contribution in [0.4, 0.5) is 0 Å². The molecule has 1 atom stereocenters. The summed E-state index contributed by atoms with van der Waals surface area (Å²) in [5.74, 6) is 0. The second-order valence-electron chi connectivity index (χ2n) is 2.30. The van der Waals surface area contributed by atoms with Gasteiger partial charge >= 0.3 is 0 Å². The lowest BCUT2D eigenvalue weighted by atomic mass is 10.1. The Morgan fingerprint density at radius 1 is 1.60 bits per heavy atom. The van der Waals surface area contributed by atoms with E-state index in [1.807, 2.05) is 19.3 Å². The number of hydrogen-bond acceptors (Lipinski definition) is 2. The van der Waals surface area contributed by atoms with Crippen molar-refractivity contribution in [2.24, 2.45) is 0 Å². The average Bonchev–Trinajstić information content (AvgIpc) is 2.05. The molecule has 1 rings (SSSR count).